The summed E-state index contributed by atoms with van der Waals surface area (Å²) in [5.74, 6) is 2.64. The van der Waals surface area contributed by atoms with Crippen molar-refractivity contribution in [2.24, 2.45) is 5.73 Å². The van der Waals surface area contributed by atoms with Crippen molar-refractivity contribution < 1.29 is 9.47 Å². The summed E-state index contributed by atoms with van der Waals surface area (Å²) in [6.45, 7) is 2.44. The second-order valence-electron chi connectivity index (χ2n) is 5.62. The van der Waals surface area contributed by atoms with Crippen LogP contribution < -0.4 is 20.5 Å². The number of anilines is 1. The van der Waals surface area contributed by atoms with Gasteiger partial charge in [0.05, 0.1) is 13.3 Å². The van der Waals surface area contributed by atoms with E-state index in [0.29, 0.717) is 35.5 Å². The molecule has 0 aliphatic carbocycles. The quantitative estimate of drug-likeness (QED) is 0.668. The molecule has 2 aromatic heterocycles. The predicted molar refractivity (Wildman–Crippen MR) is 98.3 cm³/mol. The first kappa shape index (κ1) is 17.6. The fourth-order valence-electron chi connectivity index (χ4n) is 2.12. The molecule has 3 N–H and O–H groups in total. The summed E-state index contributed by atoms with van der Waals surface area (Å²) in [6.07, 6.45) is 4.90. The van der Waals surface area contributed by atoms with Crippen LogP contribution in [0, 0.1) is 0 Å². The minimum absolute atomic E-state index is 0.0391. The number of methoxy groups -OCH3 is 1. The van der Waals surface area contributed by atoms with Crippen LogP contribution in [0.2, 0.25) is 0 Å². The summed E-state index contributed by atoms with van der Waals surface area (Å²) >= 11 is 0. The Bertz CT molecular complexity index is 840. The maximum atomic E-state index is 5.92. The molecular formula is C18H20N6O2. The number of hydrogen-bond donors (Lipinski definition) is 2. The second-order valence-corrected chi connectivity index (χ2v) is 5.62. The number of nitrogens with one attached hydrogen (secondary N) is 1. The monoisotopic (exact) mass is 352 g/mol. The zero-order chi connectivity index (χ0) is 18.4. The van der Waals surface area contributed by atoms with Crippen LogP contribution in [0.4, 0.5) is 5.82 Å². The third kappa shape index (κ3) is 4.42. The maximum absolute atomic E-state index is 5.92. The summed E-state index contributed by atoms with van der Waals surface area (Å²) in [6, 6.07) is 8.90. The van der Waals surface area contributed by atoms with Crippen molar-refractivity contribution in [3.8, 4) is 28.9 Å². The van der Waals surface area contributed by atoms with Gasteiger partial charge in [-0.3, -0.25) is 0 Å². The van der Waals surface area contributed by atoms with Crippen molar-refractivity contribution in [1.29, 1.82) is 0 Å². The van der Waals surface area contributed by atoms with E-state index in [1.807, 2.05) is 19.1 Å². The standard InChI is InChI=1S/C18H20N6O2/c1-12(19)10-22-17-18(26-14-6-4-13(25-2)5-7-14)24-15(11-23-17)16-20-8-3-9-21-16/h3-9,11-12H,10,19H2,1-2H3,(H,22,23). The van der Waals surface area contributed by atoms with E-state index in [4.69, 9.17) is 15.2 Å². The van der Waals surface area contributed by atoms with E-state index in [0.717, 1.165) is 5.75 Å². The van der Waals surface area contributed by atoms with Crippen LogP contribution in [-0.2, 0) is 0 Å². The SMILES string of the molecule is COc1ccc(Oc2nc(-c3ncccn3)cnc2NCC(C)N)cc1. The Kier molecular flexibility index (Phi) is 5.55. The lowest BCUT2D eigenvalue weighted by Crippen LogP contribution is -2.25. The topological polar surface area (TPSA) is 108 Å². The van der Waals surface area contributed by atoms with Crippen LogP contribution in [0.5, 0.6) is 17.4 Å². The summed E-state index contributed by atoms with van der Waals surface area (Å²) in [5.41, 5.74) is 6.32. The zero-order valence-corrected chi connectivity index (χ0v) is 14.6. The minimum atomic E-state index is -0.0391. The third-order valence-electron chi connectivity index (χ3n) is 3.40. The van der Waals surface area contributed by atoms with Crippen molar-refractivity contribution in [2.45, 2.75) is 13.0 Å². The smallest absolute Gasteiger partial charge is 0.263 e. The Morgan fingerprint density at radius 2 is 1.77 bits per heavy atom. The molecule has 0 aliphatic heterocycles. The zero-order valence-electron chi connectivity index (χ0n) is 14.6. The number of hydrogen-bond acceptors (Lipinski definition) is 8. The molecule has 3 aromatic rings. The first-order valence-corrected chi connectivity index (χ1v) is 8.11. The van der Waals surface area contributed by atoms with Gasteiger partial charge in [-0.05, 0) is 37.3 Å². The fourth-order valence-corrected chi connectivity index (χ4v) is 2.12. The lowest BCUT2D eigenvalue weighted by Gasteiger charge is -2.13. The number of rotatable bonds is 7. The Morgan fingerprint density at radius 3 is 2.42 bits per heavy atom. The molecule has 8 nitrogen and oxygen atoms in total. The molecule has 8 heteroatoms. The van der Waals surface area contributed by atoms with E-state index < -0.39 is 0 Å². The number of nitrogens with two attached hydrogens (primary N) is 1. The molecule has 1 unspecified atom stereocenters. The van der Waals surface area contributed by atoms with Crippen molar-refractivity contribution in [3.05, 3.63) is 48.9 Å². The molecule has 1 atom stereocenters. The van der Waals surface area contributed by atoms with Crippen molar-refractivity contribution in [2.75, 3.05) is 19.0 Å². The first-order chi connectivity index (χ1) is 12.7. The lowest BCUT2D eigenvalue weighted by molar-refractivity contribution is 0.412. The van der Waals surface area contributed by atoms with E-state index >= 15 is 0 Å². The van der Waals surface area contributed by atoms with Crippen molar-refractivity contribution >= 4 is 5.82 Å². The molecule has 0 saturated carbocycles. The summed E-state index contributed by atoms with van der Waals surface area (Å²) in [7, 11) is 1.61. The van der Waals surface area contributed by atoms with E-state index in [1.54, 1.807) is 43.9 Å². The molecule has 0 fully saturated rings. The number of ether oxygens (including phenoxy) is 2. The molecule has 0 saturated heterocycles. The molecule has 26 heavy (non-hydrogen) atoms. The van der Waals surface area contributed by atoms with Crippen LogP contribution in [0.3, 0.4) is 0 Å². The van der Waals surface area contributed by atoms with Gasteiger partial charge in [0, 0.05) is 25.0 Å². The van der Waals surface area contributed by atoms with Crippen LogP contribution in [0.25, 0.3) is 11.5 Å². The van der Waals surface area contributed by atoms with Crippen molar-refractivity contribution in [1.82, 2.24) is 19.9 Å². The molecule has 0 radical (unpaired) electrons. The largest absolute Gasteiger partial charge is 0.497 e. The molecule has 134 valence electrons. The van der Waals surface area contributed by atoms with Gasteiger partial charge in [0.25, 0.3) is 5.88 Å². The highest BCUT2D eigenvalue weighted by molar-refractivity contribution is 5.55. The average Bonchev–Trinajstić information content (AvgIpc) is 2.68. The van der Waals surface area contributed by atoms with Gasteiger partial charge in [0.15, 0.2) is 11.6 Å². The Balaban J connectivity index is 1.91. The number of nitrogens with zero attached hydrogens (tertiary/aromatic N) is 4. The molecule has 0 spiro atoms. The van der Waals surface area contributed by atoms with Gasteiger partial charge in [0.2, 0.25) is 0 Å². The van der Waals surface area contributed by atoms with Gasteiger partial charge in [-0.15, -0.1) is 0 Å². The van der Waals surface area contributed by atoms with Crippen LogP contribution in [0.1, 0.15) is 6.92 Å². The van der Waals surface area contributed by atoms with Gasteiger partial charge in [0.1, 0.15) is 17.2 Å². The first-order valence-electron chi connectivity index (χ1n) is 8.11. The van der Waals surface area contributed by atoms with Crippen LogP contribution >= 0.6 is 0 Å². The minimum Gasteiger partial charge on any atom is -0.497 e. The molecule has 2 heterocycles. The molecular weight excluding hydrogens is 332 g/mol. The number of aromatic nitrogens is 4. The molecule has 0 aliphatic rings. The van der Waals surface area contributed by atoms with Gasteiger partial charge in [-0.2, -0.15) is 0 Å². The van der Waals surface area contributed by atoms with Gasteiger partial charge >= 0.3 is 0 Å². The van der Waals surface area contributed by atoms with Crippen molar-refractivity contribution in [3.63, 3.8) is 0 Å². The Labute approximate surface area is 151 Å². The van der Waals surface area contributed by atoms with Gasteiger partial charge in [-0.1, -0.05) is 0 Å². The van der Waals surface area contributed by atoms with E-state index in [9.17, 15) is 0 Å². The molecule has 0 amide bonds. The van der Waals surface area contributed by atoms with E-state index in [-0.39, 0.29) is 6.04 Å². The van der Waals surface area contributed by atoms with E-state index in [1.165, 1.54) is 0 Å². The predicted octanol–water partition coefficient (Wildman–Crippen LogP) is 2.49. The highest BCUT2D eigenvalue weighted by Gasteiger charge is 2.13. The lowest BCUT2D eigenvalue weighted by atomic mass is 10.3. The number of benzene rings is 1. The third-order valence-corrected chi connectivity index (χ3v) is 3.40. The van der Waals surface area contributed by atoms with Crippen LogP contribution in [-0.4, -0.2) is 39.6 Å². The van der Waals surface area contributed by atoms with E-state index in [2.05, 4.69) is 25.3 Å². The normalized spacial score (nSPS) is 11.7. The molecule has 0 bridgehead atoms. The second kappa shape index (κ2) is 8.21. The summed E-state index contributed by atoms with van der Waals surface area (Å²) in [4.78, 5) is 17.3. The Hall–Kier alpha value is -3.26. The average molecular weight is 352 g/mol. The molecule has 3 rings (SSSR count). The van der Waals surface area contributed by atoms with Crippen LogP contribution in [0.15, 0.2) is 48.9 Å². The van der Waals surface area contributed by atoms with Gasteiger partial charge < -0.3 is 20.5 Å². The Morgan fingerprint density at radius 1 is 1.08 bits per heavy atom. The fraction of sp³-hybridized carbons (Fsp3) is 0.222. The highest BCUT2D eigenvalue weighted by Crippen LogP contribution is 2.28. The summed E-state index contributed by atoms with van der Waals surface area (Å²) in [5, 5.41) is 3.15. The summed E-state index contributed by atoms with van der Waals surface area (Å²) < 4.78 is 11.1. The van der Waals surface area contributed by atoms with Gasteiger partial charge in [-0.25, -0.2) is 19.9 Å². The molecule has 1 aromatic carbocycles. The highest BCUT2D eigenvalue weighted by atomic mass is 16.5. The maximum Gasteiger partial charge on any atom is 0.263 e.